The van der Waals surface area contributed by atoms with E-state index in [9.17, 15) is 4.79 Å². The van der Waals surface area contributed by atoms with Crippen LogP contribution in [0.2, 0.25) is 0 Å². The Morgan fingerprint density at radius 2 is 2.00 bits per heavy atom. The first-order valence-corrected chi connectivity index (χ1v) is 9.65. The van der Waals surface area contributed by atoms with Gasteiger partial charge in [0, 0.05) is 38.3 Å². The highest BCUT2D eigenvalue weighted by Crippen LogP contribution is 2.29. The van der Waals surface area contributed by atoms with Crippen LogP contribution in [-0.4, -0.2) is 48.2 Å². The lowest BCUT2D eigenvalue weighted by molar-refractivity contribution is 0.190. The molecule has 7 nitrogen and oxygen atoms in total. The first-order valence-electron chi connectivity index (χ1n) is 9.65. The smallest absolute Gasteiger partial charge is 0.322 e. The monoisotopic (exact) mass is 377 g/mol. The molecule has 0 bridgehead atoms. The summed E-state index contributed by atoms with van der Waals surface area (Å²) in [6, 6.07) is 13.3. The number of nitrogens with one attached hydrogen (secondary N) is 1. The summed E-state index contributed by atoms with van der Waals surface area (Å²) in [4.78, 5) is 21.0. The maximum Gasteiger partial charge on any atom is 0.322 e. The molecule has 144 valence electrons. The predicted molar refractivity (Wildman–Crippen MR) is 106 cm³/mol. The number of para-hydroxylation sites is 2. The summed E-state index contributed by atoms with van der Waals surface area (Å²) in [6.45, 7) is 3.21. The number of carbonyl (C=O) groups is 1. The zero-order valence-electron chi connectivity index (χ0n) is 15.7. The highest BCUT2D eigenvalue weighted by Gasteiger charge is 2.28. The lowest BCUT2D eigenvalue weighted by Gasteiger charge is -2.23. The second-order valence-corrected chi connectivity index (χ2v) is 7.11. The van der Waals surface area contributed by atoms with Crippen LogP contribution < -0.4 is 15.0 Å². The fourth-order valence-electron chi connectivity index (χ4n) is 3.70. The number of urea groups is 1. The van der Waals surface area contributed by atoms with Gasteiger partial charge in [-0.25, -0.2) is 9.78 Å². The highest BCUT2D eigenvalue weighted by molar-refractivity contribution is 5.93. The number of pyridine rings is 1. The zero-order chi connectivity index (χ0) is 19.3. The van der Waals surface area contributed by atoms with E-state index in [0.717, 1.165) is 30.9 Å². The molecule has 0 saturated carbocycles. The number of nitriles is 1. The minimum Gasteiger partial charge on any atom is -0.472 e. The van der Waals surface area contributed by atoms with Crippen molar-refractivity contribution >= 4 is 17.4 Å². The van der Waals surface area contributed by atoms with Crippen molar-refractivity contribution in [2.24, 2.45) is 0 Å². The normalized spacial score (nSPS) is 18.8. The first kappa shape index (κ1) is 18.1. The molecule has 1 aromatic heterocycles. The van der Waals surface area contributed by atoms with Crippen LogP contribution in [0.1, 0.15) is 24.8 Å². The third kappa shape index (κ3) is 4.01. The summed E-state index contributed by atoms with van der Waals surface area (Å²) in [5, 5.41) is 11.9. The number of amides is 2. The zero-order valence-corrected chi connectivity index (χ0v) is 15.7. The van der Waals surface area contributed by atoms with Gasteiger partial charge in [-0.2, -0.15) is 5.26 Å². The Morgan fingerprint density at radius 3 is 2.75 bits per heavy atom. The standard InChI is InChI=1S/C21H23N5O2/c22-13-16-7-8-20(23-14-16)28-17-9-12-26(15-17)21(27)24-18-5-1-2-6-19(18)25-10-3-4-11-25/h1-2,5-8,14,17H,3-4,9-12,15H2,(H,24,27). The number of benzene rings is 1. The van der Waals surface area contributed by atoms with Gasteiger partial charge in [-0.05, 0) is 31.0 Å². The second-order valence-electron chi connectivity index (χ2n) is 7.11. The number of aromatic nitrogens is 1. The SMILES string of the molecule is N#Cc1ccc(OC2CCN(C(=O)Nc3ccccc3N3CCCC3)C2)nc1. The van der Waals surface area contributed by atoms with Gasteiger partial charge in [0.1, 0.15) is 12.2 Å². The number of anilines is 2. The number of nitrogens with zero attached hydrogens (tertiary/aromatic N) is 4. The number of hydrogen-bond acceptors (Lipinski definition) is 5. The van der Waals surface area contributed by atoms with Crippen molar-refractivity contribution in [2.75, 3.05) is 36.4 Å². The Balaban J connectivity index is 1.35. The Kier molecular flexibility index (Phi) is 5.29. The van der Waals surface area contributed by atoms with Crippen molar-refractivity contribution in [1.82, 2.24) is 9.88 Å². The van der Waals surface area contributed by atoms with Gasteiger partial charge >= 0.3 is 6.03 Å². The Labute approximate surface area is 164 Å². The van der Waals surface area contributed by atoms with Gasteiger partial charge in [0.05, 0.1) is 23.5 Å². The van der Waals surface area contributed by atoms with Crippen LogP contribution in [0, 0.1) is 11.3 Å². The fraction of sp³-hybridized carbons (Fsp3) is 0.381. The highest BCUT2D eigenvalue weighted by atomic mass is 16.5. The van der Waals surface area contributed by atoms with Crippen molar-refractivity contribution in [3.05, 3.63) is 48.2 Å². The van der Waals surface area contributed by atoms with Gasteiger partial charge in [-0.15, -0.1) is 0 Å². The predicted octanol–water partition coefficient (Wildman–Crippen LogP) is 3.24. The molecule has 1 unspecified atom stereocenters. The van der Waals surface area contributed by atoms with Crippen LogP contribution in [0.25, 0.3) is 0 Å². The fourth-order valence-corrected chi connectivity index (χ4v) is 3.70. The molecule has 28 heavy (non-hydrogen) atoms. The lowest BCUT2D eigenvalue weighted by atomic mass is 10.2. The number of likely N-dealkylation sites (tertiary alicyclic amines) is 1. The molecule has 2 aromatic rings. The molecule has 0 aliphatic carbocycles. The van der Waals surface area contributed by atoms with E-state index in [2.05, 4.69) is 21.3 Å². The maximum absolute atomic E-state index is 12.8. The molecule has 4 rings (SSSR count). The van der Waals surface area contributed by atoms with Gasteiger partial charge in [0.25, 0.3) is 0 Å². The van der Waals surface area contributed by atoms with Crippen molar-refractivity contribution < 1.29 is 9.53 Å². The van der Waals surface area contributed by atoms with E-state index in [1.165, 1.54) is 19.0 Å². The van der Waals surface area contributed by atoms with Crippen LogP contribution in [0.5, 0.6) is 5.88 Å². The summed E-state index contributed by atoms with van der Waals surface area (Å²) < 4.78 is 5.86. The van der Waals surface area contributed by atoms with Crippen LogP contribution in [-0.2, 0) is 0 Å². The number of ether oxygens (including phenoxy) is 1. The summed E-state index contributed by atoms with van der Waals surface area (Å²) in [5.74, 6) is 0.477. The Bertz CT molecular complexity index is 871. The van der Waals surface area contributed by atoms with Gasteiger partial charge in [0.2, 0.25) is 5.88 Å². The maximum atomic E-state index is 12.8. The third-order valence-electron chi connectivity index (χ3n) is 5.18. The third-order valence-corrected chi connectivity index (χ3v) is 5.18. The van der Waals surface area contributed by atoms with Gasteiger partial charge in [0.15, 0.2) is 0 Å². The van der Waals surface area contributed by atoms with E-state index >= 15 is 0 Å². The molecule has 0 radical (unpaired) electrons. The van der Waals surface area contributed by atoms with Crippen LogP contribution in [0.4, 0.5) is 16.2 Å². The van der Waals surface area contributed by atoms with Gasteiger partial charge in [-0.1, -0.05) is 12.1 Å². The summed E-state index contributed by atoms with van der Waals surface area (Å²) in [5.41, 5.74) is 2.44. The minimum absolute atomic E-state index is 0.0972. The van der Waals surface area contributed by atoms with Crippen molar-refractivity contribution in [3.8, 4) is 11.9 Å². The minimum atomic E-state index is -0.106. The lowest BCUT2D eigenvalue weighted by Crippen LogP contribution is -2.35. The van der Waals surface area contributed by atoms with E-state index in [1.807, 2.05) is 24.3 Å². The molecule has 7 heteroatoms. The van der Waals surface area contributed by atoms with E-state index in [0.29, 0.717) is 24.5 Å². The van der Waals surface area contributed by atoms with E-state index in [-0.39, 0.29) is 12.1 Å². The molecule has 1 aromatic carbocycles. The number of hydrogen-bond donors (Lipinski definition) is 1. The van der Waals surface area contributed by atoms with E-state index < -0.39 is 0 Å². The Morgan fingerprint density at radius 1 is 1.18 bits per heavy atom. The molecule has 2 amide bonds. The molecular formula is C21H23N5O2. The topological polar surface area (TPSA) is 81.5 Å². The molecule has 2 saturated heterocycles. The summed E-state index contributed by atoms with van der Waals surface area (Å²) in [7, 11) is 0. The van der Waals surface area contributed by atoms with Gasteiger partial charge in [-0.3, -0.25) is 0 Å². The summed E-state index contributed by atoms with van der Waals surface area (Å²) in [6.07, 6.45) is 4.53. The molecule has 2 aliphatic rings. The molecule has 3 heterocycles. The van der Waals surface area contributed by atoms with Crippen molar-refractivity contribution in [3.63, 3.8) is 0 Å². The van der Waals surface area contributed by atoms with Crippen molar-refractivity contribution in [1.29, 1.82) is 5.26 Å². The Hall–Kier alpha value is -3.27. The molecule has 2 aliphatic heterocycles. The quantitative estimate of drug-likeness (QED) is 0.885. The molecule has 1 atom stereocenters. The van der Waals surface area contributed by atoms with Crippen LogP contribution in [0.3, 0.4) is 0 Å². The number of carbonyl (C=O) groups excluding carboxylic acids is 1. The average molecular weight is 377 g/mol. The van der Waals surface area contributed by atoms with Crippen LogP contribution in [0.15, 0.2) is 42.6 Å². The van der Waals surface area contributed by atoms with Crippen LogP contribution >= 0.6 is 0 Å². The number of rotatable bonds is 4. The molecular weight excluding hydrogens is 354 g/mol. The van der Waals surface area contributed by atoms with Crippen molar-refractivity contribution in [2.45, 2.75) is 25.4 Å². The second kappa shape index (κ2) is 8.17. The van der Waals surface area contributed by atoms with E-state index in [4.69, 9.17) is 10.00 Å². The van der Waals surface area contributed by atoms with E-state index in [1.54, 1.807) is 17.0 Å². The molecule has 1 N–H and O–H groups in total. The van der Waals surface area contributed by atoms with Gasteiger partial charge < -0.3 is 19.9 Å². The average Bonchev–Trinajstić information content (AvgIpc) is 3.41. The first-order chi connectivity index (χ1) is 13.7. The molecule has 2 fully saturated rings. The summed E-state index contributed by atoms with van der Waals surface area (Å²) >= 11 is 0. The molecule has 0 spiro atoms. The largest absolute Gasteiger partial charge is 0.472 e.